The largest absolute Gasteiger partial charge is 0.355 e. The third-order valence-corrected chi connectivity index (χ3v) is 5.81. The fourth-order valence-corrected chi connectivity index (χ4v) is 3.88. The smallest absolute Gasteiger partial charge is 0.226 e. The average Bonchev–Trinajstić information content (AvgIpc) is 3.17. The van der Waals surface area contributed by atoms with Gasteiger partial charge in [0.1, 0.15) is 5.82 Å². The van der Waals surface area contributed by atoms with Crippen LogP contribution in [0.3, 0.4) is 0 Å². The molecule has 1 fully saturated rings. The van der Waals surface area contributed by atoms with E-state index in [4.69, 9.17) is 11.6 Å². The molecule has 0 radical (unpaired) electrons. The first-order chi connectivity index (χ1) is 15.2. The number of piperidine rings is 1. The van der Waals surface area contributed by atoms with Crippen LogP contribution in [0.25, 0.3) is 5.69 Å². The zero-order chi connectivity index (χ0) is 23.1. The maximum atomic E-state index is 12.6. The van der Waals surface area contributed by atoms with Gasteiger partial charge in [0.2, 0.25) is 11.8 Å². The van der Waals surface area contributed by atoms with Crippen molar-refractivity contribution in [2.45, 2.75) is 58.3 Å². The summed E-state index contributed by atoms with van der Waals surface area (Å²) in [4.78, 5) is 27.1. The molecule has 1 aromatic heterocycles. The summed E-state index contributed by atoms with van der Waals surface area (Å²) in [5, 5.41) is 11.1. The van der Waals surface area contributed by atoms with Crippen molar-refractivity contribution in [1.29, 1.82) is 0 Å². The number of nitrogens with zero attached hydrogens (tertiary/aromatic N) is 3. The number of hydrogen-bond acceptors (Lipinski definition) is 4. The van der Waals surface area contributed by atoms with Crippen LogP contribution in [0.4, 0.5) is 5.82 Å². The lowest BCUT2D eigenvalue weighted by Gasteiger charge is -2.26. The lowest BCUT2D eigenvalue weighted by molar-refractivity contribution is -0.124. The molecule has 1 aliphatic heterocycles. The van der Waals surface area contributed by atoms with E-state index in [1.54, 1.807) is 16.8 Å². The third kappa shape index (κ3) is 7.07. The van der Waals surface area contributed by atoms with Crippen molar-refractivity contribution in [3.8, 4) is 5.69 Å². The highest BCUT2D eigenvalue weighted by Crippen LogP contribution is 2.27. The van der Waals surface area contributed by atoms with Crippen LogP contribution in [0.2, 0.25) is 5.02 Å². The minimum Gasteiger partial charge on any atom is -0.355 e. The monoisotopic (exact) mass is 459 g/mol. The molecule has 0 bridgehead atoms. The zero-order valence-corrected chi connectivity index (χ0v) is 20.0. The summed E-state index contributed by atoms with van der Waals surface area (Å²) < 4.78 is 1.68. The van der Waals surface area contributed by atoms with E-state index in [-0.39, 0.29) is 30.1 Å². The van der Waals surface area contributed by atoms with E-state index in [0.29, 0.717) is 17.4 Å². The maximum Gasteiger partial charge on any atom is 0.226 e. The van der Waals surface area contributed by atoms with E-state index in [0.717, 1.165) is 31.0 Å². The van der Waals surface area contributed by atoms with Gasteiger partial charge in [0.25, 0.3) is 0 Å². The van der Waals surface area contributed by atoms with Gasteiger partial charge in [-0.2, -0.15) is 5.10 Å². The highest BCUT2D eigenvalue weighted by atomic mass is 35.5. The Morgan fingerprint density at radius 2 is 1.78 bits per heavy atom. The summed E-state index contributed by atoms with van der Waals surface area (Å²) in [6.45, 7) is 9.90. The molecule has 0 saturated carbocycles. The molecule has 32 heavy (non-hydrogen) atoms. The minimum absolute atomic E-state index is 0.101. The normalized spacial score (nSPS) is 14.9. The van der Waals surface area contributed by atoms with Crippen LogP contribution in [-0.2, 0) is 15.0 Å². The standard InChI is InChI=1S/C24H34ClN5O2/c1-24(2,3)20-17-21(30(28-20)19-9-7-8-18(25)16-19)27-23(32)11-10-22(31)26-12-15-29-13-5-4-6-14-29/h7-9,16-17H,4-6,10-15H2,1-3H3,(H,26,31)(H,27,32). The lowest BCUT2D eigenvalue weighted by atomic mass is 9.92. The summed E-state index contributed by atoms with van der Waals surface area (Å²) in [6.07, 6.45) is 4.03. The second-order valence-electron chi connectivity index (χ2n) is 9.36. The third-order valence-electron chi connectivity index (χ3n) is 5.58. The topological polar surface area (TPSA) is 79.3 Å². The Morgan fingerprint density at radius 1 is 1.06 bits per heavy atom. The molecule has 1 saturated heterocycles. The first kappa shape index (κ1) is 24.3. The molecular weight excluding hydrogens is 426 g/mol. The molecule has 2 aromatic rings. The first-order valence-corrected chi connectivity index (χ1v) is 11.8. The Labute approximate surface area is 195 Å². The van der Waals surface area contributed by atoms with Crippen molar-refractivity contribution in [3.05, 3.63) is 41.0 Å². The number of benzene rings is 1. The SMILES string of the molecule is CC(C)(C)c1cc(NC(=O)CCC(=O)NCCN2CCCCC2)n(-c2cccc(Cl)c2)n1. The summed E-state index contributed by atoms with van der Waals surface area (Å²) >= 11 is 6.15. The van der Waals surface area contributed by atoms with Crippen LogP contribution < -0.4 is 10.6 Å². The van der Waals surface area contributed by atoms with Crippen molar-refractivity contribution >= 4 is 29.2 Å². The van der Waals surface area contributed by atoms with Gasteiger partial charge >= 0.3 is 0 Å². The lowest BCUT2D eigenvalue weighted by Crippen LogP contribution is -2.37. The maximum absolute atomic E-state index is 12.6. The Balaban J connectivity index is 1.55. The molecule has 7 nitrogen and oxygen atoms in total. The second-order valence-corrected chi connectivity index (χ2v) is 9.79. The number of halogens is 1. The summed E-state index contributed by atoms with van der Waals surface area (Å²) in [6, 6.07) is 9.19. The molecule has 8 heteroatoms. The van der Waals surface area contributed by atoms with Crippen molar-refractivity contribution in [2.24, 2.45) is 0 Å². The van der Waals surface area contributed by atoms with Gasteiger partial charge in [0.15, 0.2) is 0 Å². The van der Waals surface area contributed by atoms with Crippen molar-refractivity contribution in [2.75, 3.05) is 31.5 Å². The predicted octanol–water partition coefficient (Wildman–Crippen LogP) is 4.14. The fourth-order valence-electron chi connectivity index (χ4n) is 3.70. The molecule has 174 valence electrons. The molecule has 0 spiro atoms. The molecule has 1 aliphatic rings. The number of carbonyl (C=O) groups excluding carboxylic acids is 2. The number of aromatic nitrogens is 2. The van der Waals surface area contributed by atoms with Gasteiger partial charge in [0, 0.05) is 42.4 Å². The van der Waals surface area contributed by atoms with Gasteiger partial charge in [-0.1, -0.05) is 44.9 Å². The van der Waals surface area contributed by atoms with Crippen LogP contribution in [0, 0.1) is 0 Å². The number of hydrogen-bond donors (Lipinski definition) is 2. The molecule has 2 heterocycles. The van der Waals surface area contributed by atoms with E-state index < -0.39 is 0 Å². The number of carbonyl (C=O) groups is 2. The van der Waals surface area contributed by atoms with Gasteiger partial charge in [-0.25, -0.2) is 4.68 Å². The highest BCUT2D eigenvalue weighted by Gasteiger charge is 2.22. The first-order valence-electron chi connectivity index (χ1n) is 11.4. The molecular formula is C24H34ClN5O2. The zero-order valence-electron chi connectivity index (χ0n) is 19.3. The minimum atomic E-state index is -0.222. The van der Waals surface area contributed by atoms with Crippen LogP contribution in [-0.4, -0.2) is 52.7 Å². The predicted molar refractivity (Wildman–Crippen MR) is 128 cm³/mol. The second kappa shape index (κ2) is 11.0. The van der Waals surface area contributed by atoms with Gasteiger partial charge in [-0.15, -0.1) is 0 Å². The van der Waals surface area contributed by atoms with Crippen molar-refractivity contribution in [3.63, 3.8) is 0 Å². The van der Waals surface area contributed by atoms with Crippen LogP contribution >= 0.6 is 11.6 Å². The van der Waals surface area contributed by atoms with Crippen LogP contribution in [0.5, 0.6) is 0 Å². The molecule has 0 unspecified atom stereocenters. The molecule has 2 N–H and O–H groups in total. The fraction of sp³-hybridized carbons (Fsp3) is 0.542. The molecule has 1 aromatic carbocycles. The van der Waals surface area contributed by atoms with Gasteiger partial charge in [-0.3, -0.25) is 9.59 Å². The Bertz CT molecular complexity index is 929. The van der Waals surface area contributed by atoms with E-state index in [9.17, 15) is 9.59 Å². The molecule has 2 amide bonds. The van der Waals surface area contributed by atoms with Crippen molar-refractivity contribution in [1.82, 2.24) is 20.0 Å². The van der Waals surface area contributed by atoms with E-state index in [1.165, 1.54) is 19.3 Å². The summed E-state index contributed by atoms with van der Waals surface area (Å²) in [5.41, 5.74) is 1.43. The summed E-state index contributed by atoms with van der Waals surface area (Å²) in [7, 11) is 0. The number of anilines is 1. The van der Waals surface area contributed by atoms with Gasteiger partial charge in [-0.05, 0) is 44.1 Å². The van der Waals surface area contributed by atoms with E-state index in [2.05, 4.69) is 41.4 Å². The van der Waals surface area contributed by atoms with E-state index >= 15 is 0 Å². The quantitative estimate of drug-likeness (QED) is 0.621. The number of likely N-dealkylation sites (tertiary alicyclic amines) is 1. The van der Waals surface area contributed by atoms with Crippen LogP contribution in [0.1, 0.15) is 58.6 Å². The number of rotatable bonds is 8. The highest BCUT2D eigenvalue weighted by molar-refractivity contribution is 6.30. The van der Waals surface area contributed by atoms with E-state index in [1.807, 2.05) is 18.2 Å². The Morgan fingerprint density at radius 3 is 2.47 bits per heavy atom. The van der Waals surface area contributed by atoms with Crippen molar-refractivity contribution < 1.29 is 9.59 Å². The van der Waals surface area contributed by atoms with Gasteiger partial charge < -0.3 is 15.5 Å². The molecule has 0 atom stereocenters. The van der Waals surface area contributed by atoms with Gasteiger partial charge in [0.05, 0.1) is 11.4 Å². The Kier molecular flexibility index (Phi) is 8.32. The van der Waals surface area contributed by atoms with Crippen LogP contribution in [0.15, 0.2) is 30.3 Å². The molecule has 0 aliphatic carbocycles. The Hall–Kier alpha value is -2.38. The summed E-state index contributed by atoms with van der Waals surface area (Å²) in [5.74, 6) is 0.239. The number of amides is 2. The molecule has 3 rings (SSSR count). The average molecular weight is 460 g/mol. The number of nitrogens with one attached hydrogen (secondary N) is 2.